The van der Waals surface area contributed by atoms with Crippen molar-refractivity contribution >= 4 is 33.0 Å². The van der Waals surface area contributed by atoms with Crippen molar-refractivity contribution in [1.29, 1.82) is 0 Å². The van der Waals surface area contributed by atoms with E-state index in [9.17, 15) is 13.2 Å². The summed E-state index contributed by atoms with van der Waals surface area (Å²) in [6, 6.07) is 1.13. The average molecular weight is 352 g/mol. The number of aromatic amines is 1. The molecule has 1 atom stereocenters. The summed E-state index contributed by atoms with van der Waals surface area (Å²) in [4.78, 5) is 23.5. The first-order valence-corrected chi connectivity index (χ1v) is 9.44. The number of hydrogen-bond acceptors (Lipinski definition) is 5. The Morgan fingerprint density at radius 1 is 1.50 bits per heavy atom. The van der Waals surface area contributed by atoms with Crippen LogP contribution in [0.15, 0.2) is 18.5 Å². The average Bonchev–Trinajstić information content (AvgIpc) is 3.02. The molecule has 2 aromatic rings. The Hall–Kier alpha value is -2.20. The van der Waals surface area contributed by atoms with E-state index in [0.29, 0.717) is 30.1 Å². The van der Waals surface area contributed by atoms with Crippen LogP contribution in [0.3, 0.4) is 0 Å². The zero-order valence-electron chi connectivity index (χ0n) is 13.3. The van der Waals surface area contributed by atoms with E-state index in [1.807, 2.05) is 0 Å². The molecule has 1 fully saturated rings. The minimum Gasteiger partial charge on any atom is -0.345 e. The molecule has 10 heteroatoms. The van der Waals surface area contributed by atoms with Gasteiger partial charge in [-0.1, -0.05) is 0 Å². The van der Waals surface area contributed by atoms with Crippen LogP contribution in [0, 0.1) is 0 Å². The molecule has 0 spiro atoms. The Labute approximate surface area is 139 Å². The number of piperidine rings is 1. The molecule has 3 N–H and O–H groups in total. The quantitative estimate of drug-likeness (QED) is 0.755. The fourth-order valence-electron chi connectivity index (χ4n) is 2.72. The normalized spacial score (nSPS) is 19.3. The number of urea groups is 1. The summed E-state index contributed by atoms with van der Waals surface area (Å²) in [7, 11) is -3.23. The van der Waals surface area contributed by atoms with Gasteiger partial charge in [-0.25, -0.2) is 23.2 Å². The lowest BCUT2D eigenvalue weighted by atomic mass is 10.1. The molecule has 9 nitrogen and oxygen atoms in total. The lowest BCUT2D eigenvalue weighted by Crippen LogP contribution is -2.50. The maximum absolute atomic E-state index is 12.1. The Kier molecular flexibility index (Phi) is 4.67. The van der Waals surface area contributed by atoms with Crippen molar-refractivity contribution in [3.8, 4) is 0 Å². The predicted molar refractivity (Wildman–Crippen MR) is 90.1 cm³/mol. The van der Waals surface area contributed by atoms with Crippen LogP contribution >= 0.6 is 0 Å². The molecule has 3 heterocycles. The van der Waals surface area contributed by atoms with Crippen LogP contribution < -0.4 is 10.6 Å². The van der Waals surface area contributed by atoms with Crippen LogP contribution in [0.25, 0.3) is 11.2 Å². The number of sulfonamides is 1. The van der Waals surface area contributed by atoms with Gasteiger partial charge in [0.05, 0.1) is 11.9 Å². The smallest absolute Gasteiger partial charge is 0.320 e. The highest BCUT2D eigenvalue weighted by atomic mass is 32.2. The standard InChI is InChI=1S/C14H20N6O3S/c1-2-24(22,23)20-7-3-4-10(9-20)17-14(21)19-12-8-16-13-11(18-12)5-6-15-13/h5-6,8,10H,2-4,7,9H2,1H3,(H,15,16)(H2,17,18,19,21). The van der Waals surface area contributed by atoms with E-state index in [2.05, 4.69) is 25.6 Å². The zero-order chi connectivity index (χ0) is 17.2. The van der Waals surface area contributed by atoms with Gasteiger partial charge in [-0.3, -0.25) is 5.32 Å². The molecular weight excluding hydrogens is 332 g/mol. The van der Waals surface area contributed by atoms with Gasteiger partial charge in [0.2, 0.25) is 10.0 Å². The first-order chi connectivity index (χ1) is 11.5. The van der Waals surface area contributed by atoms with Crippen molar-refractivity contribution in [2.24, 2.45) is 0 Å². The van der Waals surface area contributed by atoms with Crippen LogP contribution in [-0.4, -0.2) is 58.6 Å². The maximum atomic E-state index is 12.1. The second-order valence-corrected chi connectivity index (χ2v) is 7.92. The summed E-state index contributed by atoms with van der Waals surface area (Å²) >= 11 is 0. The predicted octanol–water partition coefficient (Wildman–Crippen LogP) is 0.893. The van der Waals surface area contributed by atoms with Crippen LogP contribution in [0.4, 0.5) is 10.6 Å². The number of rotatable bonds is 4. The van der Waals surface area contributed by atoms with Crippen molar-refractivity contribution in [3.63, 3.8) is 0 Å². The number of fused-ring (bicyclic) bond motifs is 1. The molecule has 3 rings (SSSR count). The number of carbonyl (C=O) groups is 1. The van der Waals surface area contributed by atoms with Gasteiger partial charge in [-0.2, -0.15) is 4.31 Å². The van der Waals surface area contributed by atoms with E-state index in [-0.39, 0.29) is 11.8 Å². The highest BCUT2D eigenvalue weighted by Crippen LogP contribution is 2.15. The number of nitrogens with zero attached hydrogens (tertiary/aromatic N) is 3. The summed E-state index contributed by atoms with van der Waals surface area (Å²) in [5, 5.41) is 5.44. The van der Waals surface area contributed by atoms with E-state index in [1.165, 1.54) is 10.5 Å². The number of hydrogen-bond donors (Lipinski definition) is 3. The molecule has 1 aliphatic rings. The van der Waals surface area contributed by atoms with Crippen molar-refractivity contribution in [2.75, 3.05) is 24.2 Å². The Morgan fingerprint density at radius 2 is 2.33 bits per heavy atom. The molecule has 1 unspecified atom stereocenters. The van der Waals surface area contributed by atoms with Crippen LogP contribution in [0.1, 0.15) is 19.8 Å². The molecule has 1 saturated heterocycles. The number of H-pyrrole nitrogens is 1. The molecule has 0 radical (unpaired) electrons. The third-order valence-electron chi connectivity index (χ3n) is 3.98. The molecule has 0 aliphatic carbocycles. The van der Waals surface area contributed by atoms with Gasteiger partial charge < -0.3 is 10.3 Å². The fraction of sp³-hybridized carbons (Fsp3) is 0.500. The summed E-state index contributed by atoms with van der Waals surface area (Å²) in [6.45, 7) is 2.42. The van der Waals surface area contributed by atoms with Crippen LogP contribution in [-0.2, 0) is 10.0 Å². The van der Waals surface area contributed by atoms with Crippen molar-refractivity contribution in [3.05, 3.63) is 18.5 Å². The van der Waals surface area contributed by atoms with Crippen molar-refractivity contribution < 1.29 is 13.2 Å². The van der Waals surface area contributed by atoms with Gasteiger partial charge in [-0.15, -0.1) is 0 Å². The molecule has 24 heavy (non-hydrogen) atoms. The third-order valence-corrected chi connectivity index (χ3v) is 5.83. The highest BCUT2D eigenvalue weighted by Gasteiger charge is 2.28. The topological polar surface area (TPSA) is 120 Å². The van der Waals surface area contributed by atoms with E-state index in [4.69, 9.17) is 0 Å². The SMILES string of the molecule is CCS(=O)(=O)N1CCCC(NC(=O)Nc2cnc3[nH]ccc3n2)C1. The van der Waals surface area contributed by atoms with Gasteiger partial charge in [0.1, 0.15) is 5.52 Å². The summed E-state index contributed by atoms with van der Waals surface area (Å²) in [5.41, 5.74) is 1.30. The number of amides is 2. The lowest BCUT2D eigenvalue weighted by Gasteiger charge is -2.32. The van der Waals surface area contributed by atoms with Gasteiger partial charge in [-0.05, 0) is 25.8 Å². The minimum atomic E-state index is -3.23. The minimum absolute atomic E-state index is 0.0676. The lowest BCUT2D eigenvalue weighted by molar-refractivity contribution is 0.236. The molecule has 130 valence electrons. The molecule has 0 bridgehead atoms. The van der Waals surface area contributed by atoms with Crippen LogP contribution in [0.2, 0.25) is 0 Å². The number of nitrogens with one attached hydrogen (secondary N) is 3. The van der Waals surface area contributed by atoms with Gasteiger partial charge in [0, 0.05) is 25.3 Å². The molecular formula is C14H20N6O3S. The Bertz CT molecular complexity index is 834. The Morgan fingerprint density at radius 3 is 3.12 bits per heavy atom. The van der Waals surface area contributed by atoms with E-state index in [1.54, 1.807) is 19.2 Å². The van der Waals surface area contributed by atoms with Gasteiger partial charge >= 0.3 is 6.03 Å². The fourth-order valence-corrected chi connectivity index (χ4v) is 3.90. The van der Waals surface area contributed by atoms with E-state index in [0.717, 1.165) is 12.8 Å². The summed E-state index contributed by atoms with van der Waals surface area (Å²) < 4.78 is 25.3. The van der Waals surface area contributed by atoms with E-state index < -0.39 is 16.1 Å². The Balaban J connectivity index is 1.59. The number of aromatic nitrogens is 3. The first kappa shape index (κ1) is 16.7. The van der Waals surface area contributed by atoms with Crippen molar-refractivity contribution in [2.45, 2.75) is 25.8 Å². The highest BCUT2D eigenvalue weighted by molar-refractivity contribution is 7.89. The van der Waals surface area contributed by atoms with Crippen LogP contribution in [0.5, 0.6) is 0 Å². The summed E-state index contributed by atoms with van der Waals surface area (Å²) in [5.74, 6) is 0.409. The number of anilines is 1. The van der Waals surface area contributed by atoms with E-state index >= 15 is 0 Å². The molecule has 2 amide bonds. The molecule has 0 saturated carbocycles. The van der Waals surface area contributed by atoms with Gasteiger partial charge in [0.15, 0.2) is 11.5 Å². The second-order valence-electron chi connectivity index (χ2n) is 5.66. The molecule has 1 aliphatic heterocycles. The third kappa shape index (κ3) is 3.65. The maximum Gasteiger partial charge on any atom is 0.320 e. The molecule has 0 aromatic carbocycles. The van der Waals surface area contributed by atoms with Crippen molar-refractivity contribution in [1.82, 2.24) is 24.6 Å². The summed E-state index contributed by atoms with van der Waals surface area (Å²) in [6.07, 6.45) is 4.65. The zero-order valence-corrected chi connectivity index (χ0v) is 14.1. The number of carbonyl (C=O) groups excluding carboxylic acids is 1. The monoisotopic (exact) mass is 352 g/mol. The second kappa shape index (κ2) is 6.73. The molecule has 2 aromatic heterocycles. The first-order valence-electron chi connectivity index (χ1n) is 7.83. The largest absolute Gasteiger partial charge is 0.345 e. The van der Waals surface area contributed by atoms with Gasteiger partial charge in [0.25, 0.3) is 0 Å².